The maximum atomic E-state index is 11.4. The Morgan fingerprint density at radius 1 is 1.44 bits per heavy atom. The summed E-state index contributed by atoms with van der Waals surface area (Å²) in [5.74, 6) is 0.410. The summed E-state index contributed by atoms with van der Waals surface area (Å²) in [6, 6.07) is 4.30. The standard InChI is InChI=1S/C16H20N6O2S/c17-14(23)13-9-20(6-7-24-13)10-21-16(25)22(12-3-4-12)15(19-21)11-2-1-5-18-8-11/h1-2,5,8,12-13H,3-4,6-7,9-10H2,(H2,17,23)/t13-/m1/s1. The highest BCUT2D eigenvalue weighted by atomic mass is 32.1. The molecule has 8 nitrogen and oxygen atoms in total. The summed E-state index contributed by atoms with van der Waals surface area (Å²) < 4.78 is 10.0. The number of carbonyl (C=O) groups excluding carboxylic acids is 1. The largest absolute Gasteiger partial charge is 0.367 e. The quantitative estimate of drug-likeness (QED) is 0.799. The van der Waals surface area contributed by atoms with Crippen LogP contribution in [-0.4, -0.2) is 55.9 Å². The van der Waals surface area contributed by atoms with Crippen molar-refractivity contribution in [2.75, 3.05) is 19.7 Å². The van der Waals surface area contributed by atoms with E-state index >= 15 is 0 Å². The van der Waals surface area contributed by atoms with Crippen molar-refractivity contribution in [2.24, 2.45) is 5.73 Å². The van der Waals surface area contributed by atoms with Crippen molar-refractivity contribution in [3.05, 3.63) is 29.3 Å². The maximum Gasteiger partial charge on any atom is 0.247 e. The maximum absolute atomic E-state index is 11.4. The molecule has 0 aromatic carbocycles. The molecule has 1 saturated carbocycles. The van der Waals surface area contributed by atoms with Crippen molar-refractivity contribution in [3.63, 3.8) is 0 Å². The zero-order chi connectivity index (χ0) is 17.4. The molecule has 0 spiro atoms. The zero-order valence-electron chi connectivity index (χ0n) is 13.7. The predicted octanol–water partition coefficient (Wildman–Crippen LogP) is 0.955. The lowest BCUT2D eigenvalue weighted by Crippen LogP contribution is -2.48. The van der Waals surface area contributed by atoms with Crippen molar-refractivity contribution >= 4 is 18.1 Å². The van der Waals surface area contributed by atoms with E-state index in [2.05, 4.69) is 14.5 Å². The monoisotopic (exact) mass is 360 g/mol. The summed E-state index contributed by atoms with van der Waals surface area (Å²) in [4.78, 5) is 17.7. The molecule has 1 atom stereocenters. The third-order valence-corrected chi connectivity index (χ3v) is 4.91. The van der Waals surface area contributed by atoms with Gasteiger partial charge in [-0.25, -0.2) is 4.68 Å². The van der Waals surface area contributed by atoms with Gasteiger partial charge in [-0.2, -0.15) is 5.10 Å². The average molecular weight is 360 g/mol. The Morgan fingerprint density at radius 3 is 2.96 bits per heavy atom. The number of hydrogen-bond donors (Lipinski definition) is 1. The van der Waals surface area contributed by atoms with Crippen molar-refractivity contribution in [3.8, 4) is 11.4 Å². The van der Waals surface area contributed by atoms with Crippen LogP contribution in [0.25, 0.3) is 11.4 Å². The van der Waals surface area contributed by atoms with Gasteiger partial charge < -0.3 is 10.5 Å². The Kier molecular flexibility index (Phi) is 4.36. The highest BCUT2D eigenvalue weighted by molar-refractivity contribution is 7.71. The number of rotatable bonds is 5. The number of pyridine rings is 1. The normalized spacial score (nSPS) is 21.4. The van der Waals surface area contributed by atoms with E-state index in [1.807, 2.05) is 16.8 Å². The van der Waals surface area contributed by atoms with Crippen molar-refractivity contribution in [1.82, 2.24) is 24.2 Å². The van der Waals surface area contributed by atoms with E-state index in [0.29, 0.717) is 37.2 Å². The van der Waals surface area contributed by atoms with Gasteiger partial charge in [-0.15, -0.1) is 0 Å². The summed E-state index contributed by atoms with van der Waals surface area (Å²) in [7, 11) is 0. The van der Waals surface area contributed by atoms with Crippen LogP contribution in [0.1, 0.15) is 18.9 Å². The minimum absolute atomic E-state index is 0.416. The molecule has 2 aliphatic rings. The first-order valence-corrected chi connectivity index (χ1v) is 8.77. The van der Waals surface area contributed by atoms with Gasteiger partial charge in [-0.1, -0.05) is 0 Å². The van der Waals surface area contributed by atoms with Gasteiger partial charge in [-0.05, 0) is 37.2 Å². The molecule has 1 amide bonds. The van der Waals surface area contributed by atoms with E-state index in [0.717, 1.165) is 24.2 Å². The summed E-state index contributed by atoms with van der Waals surface area (Å²) >= 11 is 5.67. The molecule has 0 bridgehead atoms. The van der Waals surface area contributed by atoms with E-state index in [1.54, 1.807) is 12.4 Å². The first-order chi connectivity index (χ1) is 12.1. The van der Waals surface area contributed by atoms with Gasteiger partial charge in [0.05, 0.1) is 13.3 Å². The topological polar surface area (TPSA) is 91.2 Å². The van der Waals surface area contributed by atoms with Gasteiger partial charge in [0.15, 0.2) is 10.6 Å². The fraction of sp³-hybridized carbons (Fsp3) is 0.500. The minimum atomic E-state index is -0.578. The second kappa shape index (κ2) is 6.66. The number of nitrogens with zero attached hydrogens (tertiary/aromatic N) is 5. The highest BCUT2D eigenvalue weighted by Crippen LogP contribution is 2.38. The van der Waals surface area contributed by atoms with Gasteiger partial charge >= 0.3 is 0 Å². The van der Waals surface area contributed by atoms with Crippen molar-refractivity contribution in [1.29, 1.82) is 0 Å². The smallest absolute Gasteiger partial charge is 0.247 e. The molecule has 2 aromatic rings. The Hall–Kier alpha value is -2.10. The second-order valence-electron chi connectivity index (χ2n) is 6.43. The Bertz CT molecular complexity index is 829. The SMILES string of the molecule is NC(=O)[C@H]1CN(Cn2nc(-c3cccnc3)n(C3CC3)c2=S)CCO1. The fourth-order valence-corrected chi connectivity index (χ4v) is 3.39. The molecule has 4 rings (SSSR count). The lowest BCUT2D eigenvalue weighted by atomic mass is 10.3. The molecule has 132 valence electrons. The van der Waals surface area contributed by atoms with Gasteiger partial charge in [0.2, 0.25) is 5.91 Å². The average Bonchev–Trinajstić information content (AvgIpc) is 3.41. The molecular weight excluding hydrogens is 340 g/mol. The number of carbonyl (C=O) groups is 1. The Balaban J connectivity index is 1.62. The number of morpholine rings is 1. The predicted molar refractivity (Wildman–Crippen MR) is 93.1 cm³/mol. The second-order valence-corrected chi connectivity index (χ2v) is 6.79. The first-order valence-electron chi connectivity index (χ1n) is 8.36. The third kappa shape index (κ3) is 3.35. The highest BCUT2D eigenvalue weighted by Gasteiger charge is 2.30. The molecule has 1 aliphatic heterocycles. The summed E-state index contributed by atoms with van der Waals surface area (Å²) in [6.45, 7) is 2.15. The minimum Gasteiger partial charge on any atom is -0.367 e. The van der Waals surface area contributed by atoms with Crippen LogP contribution < -0.4 is 5.73 Å². The summed E-state index contributed by atoms with van der Waals surface area (Å²) in [6.07, 6.45) is 5.21. The van der Waals surface area contributed by atoms with E-state index in [4.69, 9.17) is 27.8 Å². The van der Waals surface area contributed by atoms with Crippen LogP contribution in [0.15, 0.2) is 24.5 Å². The summed E-state index contributed by atoms with van der Waals surface area (Å²) in [5.41, 5.74) is 6.32. The molecule has 0 radical (unpaired) electrons. The number of hydrogen-bond acceptors (Lipinski definition) is 6. The van der Waals surface area contributed by atoms with Gasteiger partial charge in [0, 0.05) is 37.1 Å². The van der Waals surface area contributed by atoms with Crippen molar-refractivity contribution in [2.45, 2.75) is 31.7 Å². The lowest BCUT2D eigenvalue weighted by molar-refractivity contribution is -0.136. The molecule has 2 N–H and O–H groups in total. The zero-order valence-corrected chi connectivity index (χ0v) is 14.6. The van der Waals surface area contributed by atoms with Crippen LogP contribution in [0.5, 0.6) is 0 Å². The third-order valence-electron chi connectivity index (χ3n) is 4.50. The van der Waals surface area contributed by atoms with E-state index in [9.17, 15) is 4.79 Å². The van der Waals surface area contributed by atoms with Gasteiger partial charge in [-0.3, -0.25) is 19.2 Å². The van der Waals surface area contributed by atoms with Crippen molar-refractivity contribution < 1.29 is 9.53 Å². The van der Waals surface area contributed by atoms with E-state index in [1.165, 1.54) is 0 Å². The number of primary amides is 1. The van der Waals surface area contributed by atoms with Crippen LogP contribution in [-0.2, 0) is 16.2 Å². The molecule has 1 saturated heterocycles. The molecule has 2 aromatic heterocycles. The van der Waals surface area contributed by atoms with Gasteiger partial charge in [0.25, 0.3) is 0 Å². The van der Waals surface area contributed by atoms with Crippen LogP contribution >= 0.6 is 12.2 Å². The first kappa shape index (κ1) is 16.4. The Labute approximate surface area is 150 Å². The molecule has 25 heavy (non-hydrogen) atoms. The van der Waals surface area contributed by atoms with E-state index in [-0.39, 0.29) is 0 Å². The van der Waals surface area contributed by atoms with E-state index < -0.39 is 12.0 Å². The number of ether oxygens (including phenoxy) is 1. The summed E-state index contributed by atoms with van der Waals surface area (Å²) in [5, 5.41) is 4.74. The molecule has 1 aliphatic carbocycles. The molecule has 2 fully saturated rings. The number of amides is 1. The van der Waals surface area contributed by atoms with Crippen LogP contribution in [0, 0.1) is 4.77 Å². The number of nitrogens with two attached hydrogens (primary N) is 1. The number of aromatic nitrogens is 4. The van der Waals surface area contributed by atoms with Gasteiger partial charge in [0.1, 0.15) is 6.10 Å². The molecule has 3 heterocycles. The van der Waals surface area contributed by atoms with Crippen LogP contribution in [0.4, 0.5) is 0 Å². The molecule has 9 heteroatoms. The Morgan fingerprint density at radius 2 is 2.28 bits per heavy atom. The fourth-order valence-electron chi connectivity index (χ4n) is 3.06. The van der Waals surface area contributed by atoms with Crippen LogP contribution in [0.2, 0.25) is 0 Å². The molecular formula is C16H20N6O2S. The molecule has 0 unspecified atom stereocenters. The lowest BCUT2D eigenvalue weighted by Gasteiger charge is -2.30. The van der Waals surface area contributed by atoms with Crippen LogP contribution in [0.3, 0.4) is 0 Å².